The molecule has 0 aliphatic carbocycles. The highest BCUT2D eigenvalue weighted by Gasteiger charge is 2.28. The van der Waals surface area contributed by atoms with Crippen LogP contribution in [-0.4, -0.2) is 79.6 Å². The molecule has 0 unspecified atom stereocenters. The minimum atomic E-state index is -0.123. The highest BCUT2D eigenvalue weighted by atomic mass is 16.5. The summed E-state index contributed by atoms with van der Waals surface area (Å²) in [5.41, 5.74) is 2.09. The van der Waals surface area contributed by atoms with E-state index in [1.54, 1.807) is 35.4 Å². The number of amides is 1. The Balaban J connectivity index is 1.18. The van der Waals surface area contributed by atoms with Gasteiger partial charge in [-0.2, -0.15) is 10.2 Å². The Morgan fingerprint density at radius 1 is 1.00 bits per heavy atom. The summed E-state index contributed by atoms with van der Waals surface area (Å²) in [6.07, 6.45) is 5.94. The number of carbonyl (C=O) groups excluding carboxylic acids is 1. The van der Waals surface area contributed by atoms with Crippen LogP contribution in [0.25, 0.3) is 11.3 Å². The molecule has 5 heterocycles. The normalized spacial score (nSPS) is 16.4. The van der Waals surface area contributed by atoms with Crippen LogP contribution in [0, 0.1) is 0 Å². The van der Waals surface area contributed by atoms with Crippen molar-refractivity contribution in [3.63, 3.8) is 0 Å². The molecule has 3 aromatic heterocycles. The van der Waals surface area contributed by atoms with E-state index in [1.165, 1.54) is 4.68 Å². The van der Waals surface area contributed by atoms with Crippen molar-refractivity contribution < 1.29 is 9.53 Å². The van der Waals surface area contributed by atoms with Crippen molar-refractivity contribution in [2.45, 2.75) is 19.5 Å². The number of aryl methyl sites for hydroxylation is 1. The van der Waals surface area contributed by atoms with Crippen molar-refractivity contribution in [1.82, 2.24) is 34.3 Å². The van der Waals surface area contributed by atoms with Crippen LogP contribution in [0.2, 0.25) is 0 Å². The SMILES string of the molecule is O=C(c1cnn2c1OCCC2)N1CCN(CCn2nc(-c3ccncc3)ccc2=O)CC1. The smallest absolute Gasteiger partial charge is 0.266 e. The van der Waals surface area contributed by atoms with Crippen molar-refractivity contribution >= 4 is 5.91 Å². The van der Waals surface area contributed by atoms with Gasteiger partial charge in [-0.25, -0.2) is 9.36 Å². The van der Waals surface area contributed by atoms with Crippen LogP contribution in [0.3, 0.4) is 0 Å². The Labute approximate surface area is 185 Å². The summed E-state index contributed by atoms with van der Waals surface area (Å²) < 4.78 is 8.93. The van der Waals surface area contributed by atoms with E-state index >= 15 is 0 Å². The van der Waals surface area contributed by atoms with E-state index < -0.39 is 0 Å². The number of ether oxygens (including phenoxy) is 1. The third-order valence-corrected chi connectivity index (χ3v) is 5.90. The van der Waals surface area contributed by atoms with Gasteiger partial charge in [-0.05, 0) is 18.2 Å². The van der Waals surface area contributed by atoms with Crippen LogP contribution in [0.1, 0.15) is 16.8 Å². The minimum absolute atomic E-state index is 0.0317. The molecule has 2 aliphatic rings. The average Bonchev–Trinajstić information content (AvgIpc) is 3.28. The van der Waals surface area contributed by atoms with Gasteiger partial charge < -0.3 is 9.64 Å². The van der Waals surface area contributed by atoms with Crippen molar-refractivity contribution in [2.24, 2.45) is 0 Å². The molecule has 0 aromatic carbocycles. The summed E-state index contributed by atoms with van der Waals surface area (Å²) in [4.78, 5) is 33.3. The lowest BCUT2D eigenvalue weighted by Gasteiger charge is -2.34. The molecule has 2 aliphatic heterocycles. The molecule has 10 heteroatoms. The molecule has 166 valence electrons. The molecule has 5 rings (SSSR count). The molecular formula is C22H25N7O3. The van der Waals surface area contributed by atoms with E-state index in [4.69, 9.17) is 4.74 Å². The van der Waals surface area contributed by atoms with Crippen LogP contribution in [0.4, 0.5) is 0 Å². The van der Waals surface area contributed by atoms with Gasteiger partial charge in [-0.15, -0.1) is 0 Å². The van der Waals surface area contributed by atoms with Gasteiger partial charge in [0, 0.05) is 69.7 Å². The van der Waals surface area contributed by atoms with Gasteiger partial charge in [0.25, 0.3) is 11.5 Å². The lowest BCUT2D eigenvalue weighted by Crippen LogP contribution is -2.49. The van der Waals surface area contributed by atoms with Crippen molar-refractivity contribution in [1.29, 1.82) is 0 Å². The van der Waals surface area contributed by atoms with E-state index in [0.717, 1.165) is 37.3 Å². The fourth-order valence-corrected chi connectivity index (χ4v) is 4.08. The number of hydrogen-bond donors (Lipinski definition) is 0. The molecule has 10 nitrogen and oxygen atoms in total. The summed E-state index contributed by atoms with van der Waals surface area (Å²) in [7, 11) is 0. The molecule has 1 fully saturated rings. The van der Waals surface area contributed by atoms with Gasteiger partial charge in [0.2, 0.25) is 5.88 Å². The largest absolute Gasteiger partial charge is 0.477 e. The standard InChI is InChI=1S/C22H25N7O3/c30-20-3-2-19(17-4-6-23-7-5-17)25-28(20)14-11-26-9-12-27(13-10-26)21(31)18-16-24-29-8-1-15-32-22(18)29/h2-7,16H,1,8-15H2. The molecule has 1 saturated heterocycles. The molecular weight excluding hydrogens is 410 g/mol. The number of hydrogen-bond acceptors (Lipinski definition) is 7. The van der Waals surface area contributed by atoms with Crippen molar-refractivity contribution in [2.75, 3.05) is 39.3 Å². The number of aromatic nitrogens is 5. The number of nitrogens with zero attached hydrogens (tertiary/aromatic N) is 7. The molecule has 0 bridgehead atoms. The fraction of sp³-hybridized carbons (Fsp3) is 0.409. The third kappa shape index (κ3) is 4.13. The number of carbonyl (C=O) groups is 1. The first-order valence-electron chi connectivity index (χ1n) is 10.9. The molecule has 0 saturated carbocycles. The molecule has 0 spiro atoms. The van der Waals surface area contributed by atoms with Crippen molar-refractivity contribution in [3.05, 3.63) is 58.8 Å². The number of piperazine rings is 1. The van der Waals surface area contributed by atoms with Gasteiger partial charge in [0.1, 0.15) is 5.56 Å². The third-order valence-electron chi connectivity index (χ3n) is 5.90. The molecule has 0 atom stereocenters. The van der Waals surface area contributed by atoms with E-state index in [-0.39, 0.29) is 11.5 Å². The second-order valence-corrected chi connectivity index (χ2v) is 7.94. The molecule has 0 radical (unpaired) electrons. The Hall–Kier alpha value is -3.53. The first-order valence-corrected chi connectivity index (χ1v) is 10.9. The zero-order valence-corrected chi connectivity index (χ0v) is 17.8. The second-order valence-electron chi connectivity index (χ2n) is 7.94. The zero-order chi connectivity index (χ0) is 21.9. The maximum Gasteiger partial charge on any atom is 0.266 e. The van der Waals surface area contributed by atoms with E-state index in [9.17, 15) is 9.59 Å². The maximum atomic E-state index is 12.9. The maximum absolute atomic E-state index is 12.9. The molecule has 1 amide bonds. The average molecular weight is 435 g/mol. The number of fused-ring (bicyclic) bond motifs is 1. The van der Waals surface area contributed by atoms with Gasteiger partial charge in [-0.3, -0.25) is 19.5 Å². The topological polar surface area (TPSA) is 98.4 Å². The Morgan fingerprint density at radius 2 is 1.81 bits per heavy atom. The molecule has 32 heavy (non-hydrogen) atoms. The minimum Gasteiger partial charge on any atom is -0.477 e. The summed E-state index contributed by atoms with van der Waals surface area (Å²) in [6.45, 7) is 5.34. The zero-order valence-electron chi connectivity index (χ0n) is 17.8. The first kappa shape index (κ1) is 20.4. The summed E-state index contributed by atoms with van der Waals surface area (Å²) in [5, 5.41) is 8.79. The highest BCUT2D eigenvalue weighted by Crippen LogP contribution is 2.24. The van der Waals surface area contributed by atoms with Gasteiger partial charge in [-0.1, -0.05) is 0 Å². The summed E-state index contributed by atoms with van der Waals surface area (Å²) in [6, 6.07) is 7.03. The van der Waals surface area contributed by atoms with Crippen LogP contribution in [-0.2, 0) is 13.1 Å². The van der Waals surface area contributed by atoms with Crippen LogP contribution in [0.15, 0.2) is 47.7 Å². The molecule has 0 N–H and O–H groups in total. The highest BCUT2D eigenvalue weighted by molar-refractivity contribution is 5.96. The quantitative estimate of drug-likeness (QED) is 0.583. The van der Waals surface area contributed by atoms with Crippen molar-refractivity contribution in [3.8, 4) is 17.1 Å². The Morgan fingerprint density at radius 3 is 2.62 bits per heavy atom. The lowest BCUT2D eigenvalue weighted by molar-refractivity contribution is 0.0625. The van der Waals surface area contributed by atoms with Crippen LogP contribution >= 0.6 is 0 Å². The monoisotopic (exact) mass is 435 g/mol. The number of pyridine rings is 1. The Kier molecular flexibility index (Phi) is 5.68. The van der Waals surface area contributed by atoms with E-state index in [0.29, 0.717) is 44.2 Å². The summed E-state index contributed by atoms with van der Waals surface area (Å²) in [5.74, 6) is 0.555. The molecule has 3 aromatic rings. The predicted molar refractivity (Wildman–Crippen MR) is 116 cm³/mol. The fourth-order valence-electron chi connectivity index (χ4n) is 4.08. The summed E-state index contributed by atoms with van der Waals surface area (Å²) >= 11 is 0. The van der Waals surface area contributed by atoms with Gasteiger partial charge in [0.05, 0.1) is 25.0 Å². The lowest BCUT2D eigenvalue weighted by atomic mass is 10.2. The van der Waals surface area contributed by atoms with E-state index in [2.05, 4.69) is 20.1 Å². The van der Waals surface area contributed by atoms with Gasteiger partial charge >= 0.3 is 0 Å². The second kappa shape index (κ2) is 8.91. The van der Waals surface area contributed by atoms with Crippen LogP contribution < -0.4 is 10.3 Å². The predicted octanol–water partition coefficient (Wildman–Crippen LogP) is 0.742. The first-order chi connectivity index (χ1) is 15.7. The van der Waals surface area contributed by atoms with E-state index in [1.807, 2.05) is 17.0 Å². The number of rotatable bonds is 5. The van der Waals surface area contributed by atoms with Crippen LogP contribution in [0.5, 0.6) is 5.88 Å². The Bertz CT molecular complexity index is 1150. The van der Waals surface area contributed by atoms with Gasteiger partial charge in [0.15, 0.2) is 0 Å².